The predicted molar refractivity (Wildman–Crippen MR) is 83.8 cm³/mol. The lowest BCUT2D eigenvalue weighted by molar-refractivity contribution is -0.143. The second kappa shape index (κ2) is 8.05. The molecule has 0 fully saturated rings. The fourth-order valence-corrected chi connectivity index (χ4v) is 2.13. The molecule has 0 spiro atoms. The van der Waals surface area contributed by atoms with E-state index in [0.717, 1.165) is 6.07 Å². The molecule has 2 N–H and O–H groups in total. The van der Waals surface area contributed by atoms with Crippen LogP contribution in [-0.4, -0.2) is 18.4 Å². The number of carbonyl (C=O) groups excluding carboxylic acids is 2. The van der Waals surface area contributed by atoms with Gasteiger partial charge >= 0.3 is 12.4 Å². The van der Waals surface area contributed by atoms with E-state index in [4.69, 9.17) is 0 Å². The van der Waals surface area contributed by atoms with Crippen molar-refractivity contribution in [1.82, 2.24) is 5.32 Å². The predicted octanol–water partition coefficient (Wildman–Crippen LogP) is 4.37. The van der Waals surface area contributed by atoms with Crippen LogP contribution in [0.5, 0.6) is 0 Å². The number of benzene rings is 2. The Balaban J connectivity index is 2.13. The summed E-state index contributed by atoms with van der Waals surface area (Å²) in [6.07, 6.45) is -10.3. The van der Waals surface area contributed by atoms with Crippen LogP contribution >= 0.6 is 0 Å². The minimum absolute atomic E-state index is 0.146. The molecule has 2 aromatic rings. The zero-order valence-electron chi connectivity index (χ0n) is 14.0. The molecule has 0 radical (unpaired) electrons. The Bertz CT molecular complexity index is 906. The molecular formula is C17H10F8N2O2. The number of rotatable bonds is 4. The van der Waals surface area contributed by atoms with Crippen molar-refractivity contribution < 1.29 is 44.7 Å². The van der Waals surface area contributed by atoms with Gasteiger partial charge in [0.25, 0.3) is 5.91 Å². The highest BCUT2D eigenvalue weighted by Gasteiger charge is 2.37. The van der Waals surface area contributed by atoms with Crippen molar-refractivity contribution in [3.8, 4) is 0 Å². The summed E-state index contributed by atoms with van der Waals surface area (Å²) in [4.78, 5) is 23.6. The molecule has 156 valence electrons. The molecule has 4 nitrogen and oxygen atoms in total. The van der Waals surface area contributed by atoms with Crippen LogP contribution in [0.2, 0.25) is 0 Å². The Morgan fingerprint density at radius 1 is 0.793 bits per heavy atom. The lowest BCUT2D eigenvalue weighted by Gasteiger charge is -2.14. The molecule has 0 aliphatic rings. The number of amides is 2. The smallest absolute Gasteiger partial charge is 0.343 e. The first-order valence-corrected chi connectivity index (χ1v) is 7.60. The standard InChI is InChI=1S/C17H10F8N2O2/c18-12-2-1-11(6-13(12)19)27-14(28)7-26-15(29)8-3-9(16(20,21)22)5-10(4-8)17(23,24)25/h1-6H,7H2,(H,26,29)(H,27,28). The van der Waals surface area contributed by atoms with Crippen molar-refractivity contribution in [3.63, 3.8) is 0 Å². The van der Waals surface area contributed by atoms with Gasteiger partial charge in [-0.3, -0.25) is 9.59 Å². The number of anilines is 1. The molecule has 2 aromatic carbocycles. The zero-order valence-corrected chi connectivity index (χ0v) is 14.0. The lowest BCUT2D eigenvalue weighted by Crippen LogP contribution is -2.33. The van der Waals surface area contributed by atoms with Crippen LogP contribution in [0, 0.1) is 11.6 Å². The summed E-state index contributed by atoms with van der Waals surface area (Å²) in [5.41, 5.74) is -4.53. The third-order valence-corrected chi connectivity index (χ3v) is 3.46. The van der Waals surface area contributed by atoms with Gasteiger partial charge in [-0.2, -0.15) is 26.3 Å². The van der Waals surface area contributed by atoms with E-state index in [2.05, 4.69) is 5.32 Å². The van der Waals surface area contributed by atoms with Crippen LogP contribution in [0.15, 0.2) is 36.4 Å². The van der Waals surface area contributed by atoms with Crippen molar-refractivity contribution in [3.05, 3.63) is 64.7 Å². The van der Waals surface area contributed by atoms with Crippen molar-refractivity contribution in [2.75, 3.05) is 11.9 Å². The molecule has 2 rings (SSSR count). The number of nitrogens with one attached hydrogen (secondary N) is 2. The summed E-state index contributed by atoms with van der Waals surface area (Å²) in [6, 6.07) is 2.62. The third kappa shape index (κ3) is 5.90. The molecule has 0 atom stereocenters. The molecule has 0 bridgehead atoms. The first kappa shape index (κ1) is 22.1. The second-order valence-electron chi connectivity index (χ2n) is 5.65. The molecule has 0 heterocycles. The number of alkyl halides is 6. The molecule has 29 heavy (non-hydrogen) atoms. The van der Waals surface area contributed by atoms with Crippen LogP contribution in [0.4, 0.5) is 40.8 Å². The summed E-state index contributed by atoms with van der Waals surface area (Å²) in [6.45, 7) is -0.852. The highest BCUT2D eigenvalue weighted by atomic mass is 19.4. The molecule has 0 unspecified atom stereocenters. The Morgan fingerprint density at radius 3 is 1.83 bits per heavy atom. The monoisotopic (exact) mass is 426 g/mol. The van der Waals surface area contributed by atoms with Gasteiger partial charge < -0.3 is 10.6 Å². The number of hydrogen-bond acceptors (Lipinski definition) is 2. The van der Waals surface area contributed by atoms with Crippen molar-refractivity contribution in [1.29, 1.82) is 0 Å². The van der Waals surface area contributed by atoms with Crippen LogP contribution < -0.4 is 10.6 Å². The molecule has 0 saturated heterocycles. The van der Waals surface area contributed by atoms with Crippen molar-refractivity contribution >= 4 is 17.5 Å². The van der Waals surface area contributed by atoms with Gasteiger partial charge in [0.05, 0.1) is 17.7 Å². The first-order chi connectivity index (χ1) is 13.3. The SMILES string of the molecule is O=C(CNC(=O)c1cc(C(F)(F)F)cc(C(F)(F)F)c1)Nc1ccc(F)c(F)c1. The van der Waals surface area contributed by atoms with Crippen LogP contribution in [0.1, 0.15) is 21.5 Å². The van der Waals surface area contributed by atoms with Gasteiger partial charge in [-0.25, -0.2) is 8.78 Å². The Labute approximate surface area is 157 Å². The van der Waals surface area contributed by atoms with Crippen LogP contribution in [0.25, 0.3) is 0 Å². The molecule has 0 saturated carbocycles. The van der Waals surface area contributed by atoms with Gasteiger partial charge in [-0.15, -0.1) is 0 Å². The molecule has 12 heteroatoms. The fourth-order valence-electron chi connectivity index (χ4n) is 2.13. The average molecular weight is 426 g/mol. The van der Waals surface area contributed by atoms with Gasteiger partial charge in [0, 0.05) is 17.3 Å². The Hall–Kier alpha value is -3.18. The minimum atomic E-state index is -5.14. The third-order valence-electron chi connectivity index (χ3n) is 3.46. The van der Waals surface area contributed by atoms with Gasteiger partial charge in [0.15, 0.2) is 11.6 Å². The second-order valence-corrected chi connectivity index (χ2v) is 5.65. The highest BCUT2D eigenvalue weighted by molar-refractivity contribution is 5.99. The molecule has 2 amide bonds. The van der Waals surface area contributed by atoms with Crippen molar-refractivity contribution in [2.45, 2.75) is 12.4 Å². The van der Waals surface area contributed by atoms with Gasteiger partial charge in [0.1, 0.15) is 0 Å². The van der Waals surface area contributed by atoms with E-state index in [1.54, 1.807) is 0 Å². The van der Waals surface area contributed by atoms with Crippen LogP contribution in [0.3, 0.4) is 0 Å². The van der Waals surface area contributed by atoms with E-state index in [0.29, 0.717) is 12.1 Å². The summed E-state index contributed by atoms with van der Waals surface area (Å²) < 4.78 is 103. The normalized spacial score (nSPS) is 11.9. The number of halogens is 8. The zero-order chi connectivity index (χ0) is 22.0. The van der Waals surface area contributed by atoms with Crippen molar-refractivity contribution in [2.24, 2.45) is 0 Å². The van der Waals surface area contributed by atoms with Gasteiger partial charge in [-0.05, 0) is 30.3 Å². The Morgan fingerprint density at radius 2 is 1.34 bits per heavy atom. The van der Waals surface area contributed by atoms with E-state index in [-0.39, 0.29) is 23.9 Å². The van der Waals surface area contributed by atoms with Gasteiger partial charge in [0.2, 0.25) is 5.91 Å². The number of carbonyl (C=O) groups is 2. The summed E-state index contributed by atoms with van der Waals surface area (Å²) in [5, 5.41) is 3.92. The van der Waals surface area contributed by atoms with Gasteiger partial charge in [-0.1, -0.05) is 0 Å². The van der Waals surface area contributed by atoms with E-state index >= 15 is 0 Å². The highest BCUT2D eigenvalue weighted by Crippen LogP contribution is 2.36. The maximum absolute atomic E-state index is 13.1. The maximum atomic E-state index is 13.1. The summed E-state index contributed by atoms with van der Waals surface area (Å²) >= 11 is 0. The fraction of sp³-hybridized carbons (Fsp3) is 0.176. The molecule has 0 aliphatic heterocycles. The number of hydrogen-bond donors (Lipinski definition) is 2. The quantitative estimate of drug-likeness (QED) is 0.714. The summed E-state index contributed by atoms with van der Waals surface area (Å²) in [7, 11) is 0. The van der Waals surface area contributed by atoms with E-state index in [1.165, 1.54) is 0 Å². The van der Waals surface area contributed by atoms with E-state index in [9.17, 15) is 44.7 Å². The topological polar surface area (TPSA) is 58.2 Å². The molecular weight excluding hydrogens is 416 g/mol. The molecule has 0 aliphatic carbocycles. The average Bonchev–Trinajstić information content (AvgIpc) is 2.61. The van der Waals surface area contributed by atoms with Crippen LogP contribution in [-0.2, 0) is 17.1 Å². The lowest BCUT2D eigenvalue weighted by atomic mass is 10.0. The maximum Gasteiger partial charge on any atom is 0.416 e. The largest absolute Gasteiger partial charge is 0.416 e. The minimum Gasteiger partial charge on any atom is -0.343 e. The summed E-state index contributed by atoms with van der Waals surface area (Å²) in [5.74, 6) is -4.80. The first-order valence-electron chi connectivity index (χ1n) is 7.60. The molecule has 0 aromatic heterocycles. The Kier molecular flexibility index (Phi) is 6.14. The van der Waals surface area contributed by atoms with E-state index in [1.807, 2.05) is 5.32 Å². The van der Waals surface area contributed by atoms with E-state index < -0.39 is 59.0 Å².